The molecule has 1 unspecified atom stereocenters. The summed E-state index contributed by atoms with van der Waals surface area (Å²) in [4.78, 5) is 25.0. The first-order valence-corrected chi connectivity index (χ1v) is 23.7. The molecule has 0 aromatic rings. The number of carbonyl (C=O) groups is 2. The fraction of sp³-hybridized carbons (Fsp3) is 0.957. The fourth-order valence-electron chi connectivity index (χ4n) is 8.53. The van der Waals surface area contributed by atoms with E-state index in [9.17, 15) is 9.59 Å². The Kier molecular flexibility index (Phi) is 29.9. The fourth-order valence-corrected chi connectivity index (χ4v) is 8.53. The van der Waals surface area contributed by atoms with Crippen molar-refractivity contribution in [3.8, 4) is 0 Å². The molecule has 0 aromatic heterocycles. The van der Waals surface area contributed by atoms with Crippen molar-refractivity contribution >= 4 is 11.9 Å². The summed E-state index contributed by atoms with van der Waals surface area (Å²) in [5, 5.41) is 4.02. The van der Waals surface area contributed by atoms with Crippen LogP contribution in [0.5, 0.6) is 0 Å². The molecule has 312 valence electrons. The van der Waals surface area contributed by atoms with Gasteiger partial charge >= 0.3 is 11.9 Å². The minimum atomic E-state index is -0.0103. The lowest BCUT2D eigenvalue weighted by Gasteiger charge is -2.54. The molecular weight excluding hydrogens is 659 g/mol. The van der Waals surface area contributed by atoms with E-state index in [-0.39, 0.29) is 18.0 Å². The number of hydrogen-bond donors (Lipinski definition) is 1. The van der Waals surface area contributed by atoms with Gasteiger partial charge in [-0.15, -0.1) is 0 Å². The highest BCUT2D eigenvalue weighted by molar-refractivity contribution is 5.69. The van der Waals surface area contributed by atoms with Crippen molar-refractivity contribution in [1.82, 2.24) is 5.32 Å². The number of ether oxygens (including phenoxy) is 3. The summed E-state index contributed by atoms with van der Waals surface area (Å²) in [6.07, 6.45) is 41.4. The molecule has 6 nitrogen and oxygen atoms in total. The molecule has 2 aliphatic rings. The lowest BCUT2D eigenvalue weighted by Crippen LogP contribution is -2.60. The molecule has 1 saturated heterocycles. The highest BCUT2D eigenvalue weighted by Gasteiger charge is 2.49. The van der Waals surface area contributed by atoms with Crippen molar-refractivity contribution in [2.75, 3.05) is 19.8 Å². The maximum atomic E-state index is 12.9. The lowest BCUT2D eigenvalue weighted by molar-refractivity contribution is -0.168. The second kappa shape index (κ2) is 33.0. The average molecular weight is 748 g/mol. The molecule has 0 amide bonds. The van der Waals surface area contributed by atoms with Crippen molar-refractivity contribution in [2.45, 2.75) is 264 Å². The zero-order valence-electron chi connectivity index (χ0n) is 35.6. The van der Waals surface area contributed by atoms with E-state index >= 15 is 0 Å². The summed E-state index contributed by atoms with van der Waals surface area (Å²) >= 11 is 0. The summed E-state index contributed by atoms with van der Waals surface area (Å²) in [5.41, 5.74) is 0.488. The van der Waals surface area contributed by atoms with Crippen molar-refractivity contribution < 1.29 is 23.8 Å². The highest BCUT2D eigenvalue weighted by Crippen LogP contribution is 2.47. The van der Waals surface area contributed by atoms with E-state index in [0.29, 0.717) is 36.9 Å². The van der Waals surface area contributed by atoms with E-state index < -0.39 is 0 Å². The van der Waals surface area contributed by atoms with Gasteiger partial charge in [-0.25, -0.2) is 0 Å². The molecule has 1 atom stereocenters. The predicted molar refractivity (Wildman–Crippen MR) is 223 cm³/mol. The van der Waals surface area contributed by atoms with E-state index in [4.69, 9.17) is 14.2 Å². The predicted octanol–water partition coefficient (Wildman–Crippen LogP) is 13.5. The minimum absolute atomic E-state index is 0.0103. The van der Waals surface area contributed by atoms with Gasteiger partial charge in [0, 0.05) is 30.3 Å². The third-order valence-corrected chi connectivity index (χ3v) is 12.1. The van der Waals surface area contributed by atoms with Gasteiger partial charge in [-0.3, -0.25) is 9.59 Å². The zero-order chi connectivity index (χ0) is 38.1. The van der Waals surface area contributed by atoms with E-state index in [1.54, 1.807) is 0 Å². The highest BCUT2D eigenvalue weighted by atomic mass is 16.5. The molecule has 1 aliphatic carbocycles. The Balaban J connectivity index is 1.58. The van der Waals surface area contributed by atoms with Gasteiger partial charge in [-0.2, -0.15) is 0 Å². The largest absolute Gasteiger partial charge is 0.466 e. The Morgan fingerprint density at radius 3 is 1.43 bits per heavy atom. The topological polar surface area (TPSA) is 73.9 Å². The van der Waals surface area contributed by atoms with Crippen LogP contribution >= 0.6 is 0 Å². The van der Waals surface area contributed by atoms with E-state index in [0.717, 1.165) is 58.2 Å². The second-order valence-electron chi connectivity index (χ2n) is 17.4. The Morgan fingerprint density at radius 2 is 0.962 bits per heavy atom. The molecule has 6 heteroatoms. The van der Waals surface area contributed by atoms with Crippen LogP contribution in [0.1, 0.15) is 245 Å². The second-order valence-corrected chi connectivity index (χ2v) is 17.4. The third kappa shape index (κ3) is 25.6. The average Bonchev–Trinajstić information content (AvgIpc) is 3.11. The zero-order valence-corrected chi connectivity index (χ0v) is 35.6. The molecular formula is C47H89NO5. The molecule has 1 aliphatic heterocycles. The van der Waals surface area contributed by atoms with Crippen LogP contribution in [0.3, 0.4) is 0 Å². The monoisotopic (exact) mass is 748 g/mol. The number of esters is 2. The summed E-state index contributed by atoms with van der Waals surface area (Å²) in [6, 6.07) is 1.21. The summed E-state index contributed by atoms with van der Waals surface area (Å²) in [6.45, 7) is 9.30. The molecule has 2 fully saturated rings. The molecule has 0 radical (unpaired) electrons. The lowest BCUT2D eigenvalue weighted by atomic mass is 9.64. The van der Waals surface area contributed by atoms with Gasteiger partial charge in [-0.1, -0.05) is 162 Å². The molecule has 0 aromatic carbocycles. The smallest absolute Gasteiger partial charge is 0.306 e. The minimum Gasteiger partial charge on any atom is -0.466 e. The maximum Gasteiger partial charge on any atom is 0.306 e. The third-order valence-electron chi connectivity index (χ3n) is 12.1. The van der Waals surface area contributed by atoms with Gasteiger partial charge in [0.05, 0.1) is 19.8 Å². The van der Waals surface area contributed by atoms with Crippen LogP contribution < -0.4 is 5.32 Å². The Labute approximate surface area is 329 Å². The quantitative estimate of drug-likeness (QED) is 0.0498. The molecule has 1 saturated carbocycles. The van der Waals surface area contributed by atoms with Crippen molar-refractivity contribution in [1.29, 1.82) is 0 Å². The van der Waals surface area contributed by atoms with Crippen molar-refractivity contribution in [3.05, 3.63) is 0 Å². The van der Waals surface area contributed by atoms with Crippen molar-refractivity contribution in [3.63, 3.8) is 0 Å². The van der Waals surface area contributed by atoms with Crippen LogP contribution in [0.2, 0.25) is 0 Å². The number of nitrogens with one attached hydrogen (secondary N) is 1. The van der Waals surface area contributed by atoms with Gasteiger partial charge in [-0.05, 0) is 70.6 Å². The van der Waals surface area contributed by atoms with Crippen LogP contribution in [0, 0.1) is 5.41 Å². The SMILES string of the molecule is CCCCCCCCCOC(=O)CCCCCCC(CCCCCCC(=O)OC(CCCCCCCC)CCCCCCCC)NC1CC2(COC2)C1. The Bertz CT molecular complexity index is 836. The number of unbranched alkanes of at least 4 members (excludes halogenated alkanes) is 22. The molecule has 53 heavy (non-hydrogen) atoms. The number of carbonyl (C=O) groups excluding carboxylic acids is 2. The molecule has 2 rings (SSSR count). The van der Waals surface area contributed by atoms with Gasteiger partial charge in [0.15, 0.2) is 0 Å². The maximum absolute atomic E-state index is 12.9. The van der Waals surface area contributed by atoms with Crippen LogP contribution in [0.4, 0.5) is 0 Å². The Morgan fingerprint density at radius 1 is 0.547 bits per heavy atom. The van der Waals surface area contributed by atoms with Crippen molar-refractivity contribution in [2.24, 2.45) is 5.41 Å². The number of hydrogen-bond acceptors (Lipinski definition) is 6. The summed E-state index contributed by atoms with van der Waals surface area (Å²) in [7, 11) is 0. The van der Waals surface area contributed by atoms with Crippen LogP contribution in [0.15, 0.2) is 0 Å². The first-order valence-electron chi connectivity index (χ1n) is 23.7. The first kappa shape index (κ1) is 48.0. The molecule has 1 spiro atoms. The van der Waals surface area contributed by atoms with E-state index in [2.05, 4.69) is 26.1 Å². The van der Waals surface area contributed by atoms with Gasteiger partial charge < -0.3 is 19.5 Å². The molecule has 1 N–H and O–H groups in total. The van der Waals surface area contributed by atoms with Gasteiger partial charge in [0.1, 0.15) is 6.10 Å². The summed E-state index contributed by atoms with van der Waals surface area (Å²) in [5.74, 6) is 0.0237. The van der Waals surface area contributed by atoms with Crippen LogP contribution in [0.25, 0.3) is 0 Å². The van der Waals surface area contributed by atoms with E-state index in [1.165, 1.54) is 167 Å². The number of rotatable bonds is 39. The molecule has 1 heterocycles. The van der Waals surface area contributed by atoms with Crippen LogP contribution in [-0.4, -0.2) is 49.9 Å². The normalized spacial score (nSPS) is 15.8. The standard InChI is InChI=1S/C47H89NO5/c1-4-7-10-13-16-23-30-37-52-45(49)35-28-21-19-24-31-42(48-43-38-47(39-43)40-51-41-47)32-25-20-22-29-36-46(50)53-44(33-26-17-14-11-8-5-2)34-27-18-15-12-9-6-3/h42-44,48H,4-41H2,1-3H3. The molecule has 0 bridgehead atoms. The Hall–Kier alpha value is -1.14. The van der Waals surface area contributed by atoms with E-state index in [1.807, 2.05) is 0 Å². The van der Waals surface area contributed by atoms with Gasteiger partial charge in [0.2, 0.25) is 0 Å². The summed E-state index contributed by atoms with van der Waals surface area (Å²) < 4.78 is 17.1. The van der Waals surface area contributed by atoms with Crippen LogP contribution in [-0.2, 0) is 23.8 Å². The van der Waals surface area contributed by atoms with Gasteiger partial charge in [0.25, 0.3) is 0 Å². The first-order chi connectivity index (χ1) is 26.0.